The van der Waals surface area contributed by atoms with E-state index in [0.29, 0.717) is 21.5 Å². The molecule has 0 aromatic heterocycles. The summed E-state index contributed by atoms with van der Waals surface area (Å²) in [5.74, 6) is 0.208. The minimum absolute atomic E-state index is 0.110. The lowest BCUT2D eigenvalue weighted by Gasteiger charge is -2.11. The zero-order chi connectivity index (χ0) is 11.4. The van der Waals surface area contributed by atoms with Crippen molar-refractivity contribution in [1.82, 2.24) is 0 Å². The summed E-state index contributed by atoms with van der Waals surface area (Å²) in [6.07, 6.45) is -0.110. The molecule has 0 aliphatic carbocycles. The maximum atomic E-state index is 10.7. The number of rotatable bonds is 4. The van der Waals surface area contributed by atoms with Crippen molar-refractivity contribution in [3.05, 3.63) is 22.2 Å². The Balaban J connectivity index is 3.22. The van der Waals surface area contributed by atoms with Gasteiger partial charge in [-0.05, 0) is 28.1 Å². The molecule has 0 aliphatic heterocycles. The predicted molar refractivity (Wildman–Crippen MR) is 58.6 cm³/mol. The van der Waals surface area contributed by atoms with Gasteiger partial charge < -0.3 is 14.6 Å². The van der Waals surface area contributed by atoms with Gasteiger partial charge in [-0.15, -0.1) is 0 Å². The molecule has 1 aromatic carbocycles. The average molecular weight is 275 g/mol. The third-order valence-corrected chi connectivity index (χ3v) is 2.80. The number of carboxylic acid groups (broad SMARTS) is 1. The first-order valence-corrected chi connectivity index (χ1v) is 5.00. The van der Waals surface area contributed by atoms with Crippen molar-refractivity contribution in [3.63, 3.8) is 0 Å². The third-order valence-electron chi connectivity index (χ3n) is 1.93. The lowest BCUT2D eigenvalue weighted by atomic mass is 10.1. The van der Waals surface area contributed by atoms with Crippen LogP contribution < -0.4 is 9.47 Å². The zero-order valence-corrected chi connectivity index (χ0v) is 10.00. The Morgan fingerprint density at radius 1 is 1.33 bits per heavy atom. The molecular weight excluding hydrogens is 264 g/mol. The van der Waals surface area contributed by atoms with Crippen molar-refractivity contribution in [2.45, 2.75) is 6.42 Å². The molecule has 5 heteroatoms. The third kappa shape index (κ3) is 2.62. The molecule has 0 unspecified atom stereocenters. The van der Waals surface area contributed by atoms with Crippen LogP contribution in [0.15, 0.2) is 16.6 Å². The molecule has 0 heterocycles. The summed E-state index contributed by atoms with van der Waals surface area (Å²) < 4.78 is 10.8. The molecule has 0 aliphatic rings. The van der Waals surface area contributed by atoms with Gasteiger partial charge in [0.2, 0.25) is 0 Å². The SMILES string of the molecule is COc1ccc(OC)c(CC(=O)O)c1Br. The molecule has 0 fully saturated rings. The van der Waals surface area contributed by atoms with Gasteiger partial charge in [-0.25, -0.2) is 0 Å². The molecule has 15 heavy (non-hydrogen) atoms. The van der Waals surface area contributed by atoms with Gasteiger partial charge in [-0.3, -0.25) is 4.79 Å². The number of aliphatic carboxylic acids is 1. The summed E-state index contributed by atoms with van der Waals surface area (Å²) >= 11 is 3.29. The van der Waals surface area contributed by atoms with E-state index in [-0.39, 0.29) is 6.42 Å². The highest BCUT2D eigenvalue weighted by Gasteiger charge is 2.15. The first kappa shape index (κ1) is 11.8. The van der Waals surface area contributed by atoms with Gasteiger partial charge in [0.05, 0.1) is 25.1 Å². The first-order valence-electron chi connectivity index (χ1n) is 4.21. The van der Waals surface area contributed by atoms with Crippen molar-refractivity contribution >= 4 is 21.9 Å². The standard InChI is InChI=1S/C10H11BrO4/c1-14-7-3-4-8(15-2)10(11)6(7)5-9(12)13/h3-4H,5H2,1-2H3,(H,12,13). The number of benzene rings is 1. The van der Waals surface area contributed by atoms with Crippen LogP contribution in [0.5, 0.6) is 11.5 Å². The van der Waals surface area contributed by atoms with E-state index in [1.54, 1.807) is 12.1 Å². The average Bonchev–Trinajstić information content (AvgIpc) is 2.20. The summed E-state index contributed by atoms with van der Waals surface area (Å²) in [4.78, 5) is 10.7. The Morgan fingerprint density at radius 2 is 1.87 bits per heavy atom. The molecule has 0 bridgehead atoms. The van der Waals surface area contributed by atoms with E-state index in [1.165, 1.54) is 14.2 Å². The molecule has 82 valence electrons. The van der Waals surface area contributed by atoms with Crippen LogP contribution >= 0.6 is 15.9 Å². The highest BCUT2D eigenvalue weighted by Crippen LogP contribution is 2.35. The Hall–Kier alpha value is -1.23. The van der Waals surface area contributed by atoms with Crippen LogP contribution in [0.1, 0.15) is 5.56 Å². The van der Waals surface area contributed by atoms with Crippen LogP contribution in [0.2, 0.25) is 0 Å². The summed E-state index contributed by atoms with van der Waals surface area (Å²) in [5, 5.41) is 8.76. The van der Waals surface area contributed by atoms with E-state index >= 15 is 0 Å². The number of carbonyl (C=O) groups is 1. The maximum Gasteiger partial charge on any atom is 0.308 e. The summed E-state index contributed by atoms with van der Waals surface area (Å²) in [7, 11) is 3.02. The van der Waals surface area contributed by atoms with Crippen LogP contribution in [0.25, 0.3) is 0 Å². The van der Waals surface area contributed by atoms with Crippen LogP contribution in [0.3, 0.4) is 0 Å². The molecule has 0 spiro atoms. The Labute approximate surface area is 95.9 Å². The Kier molecular flexibility index (Phi) is 3.96. The fraction of sp³-hybridized carbons (Fsp3) is 0.300. The van der Waals surface area contributed by atoms with Gasteiger partial charge in [0, 0.05) is 5.56 Å². The second-order valence-corrected chi connectivity index (χ2v) is 3.63. The van der Waals surface area contributed by atoms with Crippen molar-refractivity contribution in [2.24, 2.45) is 0 Å². The van der Waals surface area contributed by atoms with Gasteiger partial charge in [0.1, 0.15) is 11.5 Å². The van der Waals surface area contributed by atoms with Crippen LogP contribution in [-0.4, -0.2) is 25.3 Å². The van der Waals surface area contributed by atoms with Gasteiger partial charge >= 0.3 is 5.97 Å². The largest absolute Gasteiger partial charge is 0.496 e. The Bertz CT molecular complexity index is 376. The molecule has 1 N–H and O–H groups in total. The molecule has 1 rings (SSSR count). The van der Waals surface area contributed by atoms with Crippen molar-refractivity contribution in [3.8, 4) is 11.5 Å². The van der Waals surface area contributed by atoms with Crippen LogP contribution in [0.4, 0.5) is 0 Å². The predicted octanol–water partition coefficient (Wildman–Crippen LogP) is 2.09. The topological polar surface area (TPSA) is 55.8 Å². The van der Waals surface area contributed by atoms with E-state index in [0.717, 1.165) is 0 Å². The molecule has 0 amide bonds. The highest BCUT2D eigenvalue weighted by atomic mass is 79.9. The summed E-state index contributed by atoms with van der Waals surface area (Å²) in [6.45, 7) is 0. The number of ether oxygens (including phenoxy) is 2. The molecule has 1 aromatic rings. The summed E-state index contributed by atoms with van der Waals surface area (Å²) in [5.41, 5.74) is 0.573. The lowest BCUT2D eigenvalue weighted by Crippen LogP contribution is -2.04. The van der Waals surface area contributed by atoms with Crippen molar-refractivity contribution < 1.29 is 19.4 Å². The van der Waals surface area contributed by atoms with Crippen LogP contribution in [-0.2, 0) is 11.2 Å². The second-order valence-electron chi connectivity index (χ2n) is 2.83. The quantitative estimate of drug-likeness (QED) is 0.914. The summed E-state index contributed by atoms with van der Waals surface area (Å²) in [6, 6.07) is 3.40. The first-order chi connectivity index (χ1) is 7.10. The number of methoxy groups -OCH3 is 2. The van der Waals surface area contributed by atoms with Gasteiger partial charge in [0.15, 0.2) is 0 Å². The number of carboxylic acids is 1. The molecule has 0 saturated carbocycles. The monoisotopic (exact) mass is 274 g/mol. The van der Waals surface area contributed by atoms with E-state index in [2.05, 4.69) is 15.9 Å². The molecule has 0 saturated heterocycles. The minimum Gasteiger partial charge on any atom is -0.496 e. The maximum absolute atomic E-state index is 10.7. The highest BCUT2D eigenvalue weighted by molar-refractivity contribution is 9.10. The normalized spacial score (nSPS) is 9.80. The molecule has 0 atom stereocenters. The molecule has 0 radical (unpaired) electrons. The fourth-order valence-corrected chi connectivity index (χ4v) is 1.88. The van der Waals surface area contributed by atoms with Crippen molar-refractivity contribution in [1.29, 1.82) is 0 Å². The van der Waals surface area contributed by atoms with E-state index < -0.39 is 5.97 Å². The van der Waals surface area contributed by atoms with Crippen molar-refractivity contribution in [2.75, 3.05) is 14.2 Å². The fourth-order valence-electron chi connectivity index (χ4n) is 1.25. The minimum atomic E-state index is -0.915. The van der Waals surface area contributed by atoms with Crippen LogP contribution in [0, 0.1) is 0 Å². The lowest BCUT2D eigenvalue weighted by molar-refractivity contribution is -0.136. The van der Waals surface area contributed by atoms with Gasteiger partial charge in [0.25, 0.3) is 0 Å². The Morgan fingerprint density at radius 3 is 2.33 bits per heavy atom. The van der Waals surface area contributed by atoms with E-state index in [9.17, 15) is 4.79 Å². The zero-order valence-electron chi connectivity index (χ0n) is 8.41. The number of halogens is 1. The number of hydrogen-bond acceptors (Lipinski definition) is 3. The van der Waals surface area contributed by atoms with E-state index in [1.807, 2.05) is 0 Å². The smallest absolute Gasteiger partial charge is 0.308 e. The van der Waals surface area contributed by atoms with E-state index in [4.69, 9.17) is 14.6 Å². The molecular formula is C10H11BrO4. The van der Waals surface area contributed by atoms with Gasteiger partial charge in [-0.1, -0.05) is 0 Å². The van der Waals surface area contributed by atoms with Gasteiger partial charge in [-0.2, -0.15) is 0 Å². The molecule has 4 nitrogen and oxygen atoms in total. The second kappa shape index (κ2) is 5.02. The number of hydrogen-bond donors (Lipinski definition) is 1.